The number of hydrogen-bond acceptors (Lipinski definition) is 5. The Kier molecular flexibility index (Phi) is 7.08. The molecule has 0 N–H and O–H groups in total. The molecule has 0 bridgehead atoms. The maximum absolute atomic E-state index is 10.9. The fourth-order valence-electron chi connectivity index (χ4n) is 1.24. The van der Waals surface area contributed by atoms with Crippen molar-refractivity contribution in [3.05, 3.63) is 17.7 Å². The van der Waals surface area contributed by atoms with Gasteiger partial charge in [0, 0.05) is 19.2 Å². The minimum Gasteiger partial charge on any atom is -0.543 e. The average molecular weight is 250 g/mol. The largest absolute Gasteiger partial charge is 1.00 e. The quantitative estimate of drug-likeness (QED) is 0.400. The summed E-state index contributed by atoms with van der Waals surface area (Å²) in [6, 6.07) is 0. The van der Waals surface area contributed by atoms with Crippen LogP contribution in [0.1, 0.15) is 22.6 Å². The second kappa shape index (κ2) is 7.18. The normalized spacial score (nSPS) is 9.38. The van der Waals surface area contributed by atoms with Gasteiger partial charge in [-0.1, -0.05) is 0 Å². The minimum atomic E-state index is -1.34. The van der Waals surface area contributed by atoms with E-state index in [0.29, 0.717) is 5.69 Å². The van der Waals surface area contributed by atoms with Crippen LogP contribution in [0.3, 0.4) is 0 Å². The van der Waals surface area contributed by atoms with Gasteiger partial charge in [0.25, 0.3) is 0 Å². The number of imidazole rings is 1. The number of carboxylic acids is 1. The second-order valence-corrected chi connectivity index (χ2v) is 3.01. The van der Waals surface area contributed by atoms with E-state index in [4.69, 9.17) is 0 Å². The third-order valence-electron chi connectivity index (χ3n) is 2.05. The molecule has 0 atom stereocenters. The number of methoxy groups -OCH3 is 1. The van der Waals surface area contributed by atoms with Crippen LogP contribution in [0.2, 0.25) is 0 Å². The van der Waals surface area contributed by atoms with E-state index in [9.17, 15) is 14.7 Å². The Morgan fingerprint density at radius 2 is 2.19 bits per heavy atom. The zero-order chi connectivity index (χ0) is 11.4. The van der Waals surface area contributed by atoms with Crippen LogP contribution < -0.4 is 56.5 Å². The Morgan fingerprint density at radius 1 is 1.56 bits per heavy atom. The van der Waals surface area contributed by atoms with Gasteiger partial charge < -0.3 is 19.2 Å². The van der Waals surface area contributed by atoms with Crippen molar-refractivity contribution in [2.75, 3.05) is 7.11 Å². The summed E-state index contributed by atoms with van der Waals surface area (Å²) in [5.74, 6) is -1.73. The summed E-state index contributed by atoms with van der Waals surface area (Å²) < 4.78 is 6.01. The van der Waals surface area contributed by atoms with Gasteiger partial charge in [-0.05, 0) is 0 Å². The summed E-state index contributed by atoms with van der Waals surface area (Å²) in [7, 11) is 2.94. The van der Waals surface area contributed by atoms with Gasteiger partial charge in [-0.3, -0.25) is 4.79 Å². The van der Waals surface area contributed by atoms with Gasteiger partial charge in [0.05, 0.1) is 25.8 Å². The summed E-state index contributed by atoms with van der Waals surface area (Å²) in [5, 5.41) is 10.6. The summed E-state index contributed by atoms with van der Waals surface area (Å²) in [6.07, 6.45) is 1.76. The van der Waals surface area contributed by atoms with Crippen molar-refractivity contribution < 1.29 is 70.8 Å². The number of aromatic nitrogens is 2. The van der Waals surface area contributed by atoms with Gasteiger partial charge in [0.2, 0.25) is 0 Å². The molecule has 1 rings (SSSR count). The molecule has 0 amide bonds. The van der Waals surface area contributed by atoms with Crippen molar-refractivity contribution in [1.29, 1.82) is 0 Å². The standard InChI is InChI=1S/C9H12N2O4.K/c1-11-5-10-8(9(13)14)6(11)3-4-7(12)15-2;/h5H,3-4H2,1-2H3,(H,13,14);/q;+1/p-1. The molecular formula is C9H11KN2O4. The molecule has 82 valence electrons. The molecule has 7 heteroatoms. The smallest absolute Gasteiger partial charge is 0.543 e. The number of carbonyl (C=O) groups is 2. The topological polar surface area (TPSA) is 84.2 Å². The first-order valence-electron chi connectivity index (χ1n) is 4.34. The minimum absolute atomic E-state index is 0. The monoisotopic (exact) mass is 250 g/mol. The molecule has 0 spiro atoms. The number of aryl methyl sites for hydroxylation is 1. The molecule has 6 nitrogen and oxygen atoms in total. The number of rotatable bonds is 4. The molecule has 1 heterocycles. The van der Waals surface area contributed by atoms with Gasteiger partial charge >= 0.3 is 57.4 Å². The Labute approximate surface area is 135 Å². The molecule has 0 aliphatic rings. The molecule has 0 unspecified atom stereocenters. The van der Waals surface area contributed by atoms with Crippen molar-refractivity contribution in [3.8, 4) is 0 Å². The van der Waals surface area contributed by atoms with Crippen LogP contribution in [0.5, 0.6) is 0 Å². The fourth-order valence-corrected chi connectivity index (χ4v) is 1.24. The van der Waals surface area contributed by atoms with Gasteiger partial charge in [-0.25, -0.2) is 4.98 Å². The van der Waals surface area contributed by atoms with Crippen molar-refractivity contribution in [3.63, 3.8) is 0 Å². The molecule has 0 saturated heterocycles. The summed E-state index contributed by atoms with van der Waals surface area (Å²) in [4.78, 5) is 25.2. The molecule has 1 aromatic rings. The first kappa shape index (κ1) is 15.8. The SMILES string of the molecule is COC(=O)CCc1c(C(=O)[O-])ncn1C.[K+]. The molecule has 0 saturated carbocycles. The van der Waals surface area contributed by atoms with Crippen molar-refractivity contribution in [2.24, 2.45) is 7.05 Å². The summed E-state index contributed by atoms with van der Waals surface area (Å²) in [5.41, 5.74) is 0.335. The van der Waals surface area contributed by atoms with Crippen molar-refractivity contribution in [2.45, 2.75) is 12.8 Å². The van der Waals surface area contributed by atoms with Crippen molar-refractivity contribution in [1.82, 2.24) is 9.55 Å². The van der Waals surface area contributed by atoms with E-state index in [1.165, 1.54) is 13.4 Å². The maximum atomic E-state index is 10.9. The van der Waals surface area contributed by atoms with E-state index < -0.39 is 5.97 Å². The second-order valence-electron chi connectivity index (χ2n) is 3.01. The van der Waals surface area contributed by atoms with Crippen LogP contribution in [0.15, 0.2) is 6.33 Å². The number of carbonyl (C=O) groups excluding carboxylic acids is 2. The number of carboxylic acid groups (broad SMARTS) is 1. The van der Waals surface area contributed by atoms with Gasteiger partial charge in [0.1, 0.15) is 5.69 Å². The zero-order valence-electron chi connectivity index (χ0n) is 9.52. The van der Waals surface area contributed by atoms with Crippen LogP contribution in [0, 0.1) is 0 Å². The average Bonchev–Trinajstić information content (AvgIpc) is 2.56. The third-order valence-corrected chi connectivity index (χ3v) is 2.05. The van der Waals surface area contributed by atoms with Crippen LogP contribution in [-0.4, -0.2) is 28.6 Å². The molecule has 0 radical (unpaired) electrons. The van der Waals surface area contributed by atoms with Crippen LogP contribution in [0.4, 0.5) is 0 Å². The van der Waals surface area contributed by atoms with Gasteiger partial charge in [-0.2, -0.15) is 0 Å². The summed E-state index contributed by atoms with van der Waals surface area (Å²) in [6.45, 7) is 0. The molecule has 0 aliphatic heterocycles. The number of ether oxygens (including phenoxy) is 1. The van der Waals surface area contributed by atoms with E-state index in [0.717, 1.165) is 0 Å². The van der Waals surface area contributed by atoms with E-state index in [1.807, 2.05) is 0 Å². The summed E-state index contributed by atoms with van der Waals surface area (Å²) >= 11 is 0. The zero-order valence-corrected chi connectivity index (χ0v) is 12.6. The Bertz CT molecular complexity index is 389. The van der Waals surface area contributed by atoms with Gasteiger partial charge in [-0.15, -0.1) is 0 Å². The van der Waals surface area contributed by atoms with Gasteiger partial charge in [0.15, 0.2) is 0 Å². The first-order valence-corrected chi connectivity index (χ1v) is 4.34. The first-order chi connectivity index (χ1) is 7.06. The molecule has 0 aliphatic carbocycles. The third kappa shape index (κ3) is 3.98. The van der Waals surface area contributed by atoms with Crippen LogP contribution in [0.25, 0.3) is 0 Å². The Balaban J connectivity index is 0.00000225. The Morgan fingerprint density at radius 3 is 2.69 bits per heavy atom. The molecule has 0 aromatic carbocycles. The molecule has 16 heavy (non-hydrogen) atoms. The van der Waals surface area contributed by atoms with E-state index >= 15 is 0 Å². The predicted octanol–water partition coefficient (Wildman–Crippen LogP) is -4.11. The van der Waals surface area contributed by atoms with E-state index in [2.05, 4.69) is 9.72 Å². The number of nitrogens with zero attached hydrogens (tertiary/aromatic N) is 2. The fraction of sp³-hybridized carbons (Fsp3) is 0.444. The molecular weight excluding hydrogens is 239 g/mol. The number of aromatic carboxylic acids is 1. The van der Waals surface area contributed by atoms with E-state index in [1.54, 1.807) is 11.6 Å². The number of hydrogen-bond donors (Lipinski definition) is 0. The Hall–Kier alpha value is -0.214. The van der Waals surface area contributed by atoms with Crippen LogP contribution in [-0.2, 0) is 23.0 Å². The maximum Gasteiger partial charge on any atom is 1.00 e. The predicted molar refractivity (Wildman–Crippen MR) is 47.9 cm³/mol. The van der Waals surface area contributed by atoms with E-state index in [-0.39, 0.29) is 75.9 Å². The van der Waals surface area contributed by atoms with Crippen molar-refractivity contribution >= 4 is 11.9 Å². The number of esters is 1. The molecule has 1 aromatic heterocycles. The van der Waals surface area contributed by atoms with Crippen LogP contribution >= 0.6 is 0 Å². The molecule has 0 fully saturated rings.